The van der Waals surface area contributed by atoms with Crippen LogP contribution in [0.4, 0.5) is 4.39 Å². The number of benzene rings is 1. The van der Waals surface area contributed by atoms with E-state index in [-0.39, 0.29) is 23.3 Å². The number of fused-ring (bicyclic) bond motifs is 2. The summed E-state index contributed by atoms with van der Waals surface area (Å²) >= 11 is 0. The van der Waals surface area contributed by atoms with Gasteiger partial charge in [-0.1, -0.05) is 0 Å². The van der Waals surface area contributed by atoms with Crippen molar-refractivity contribution in [3.8, 4) is 0 Å². The van der Waals surface area contributed by atoms with Crippen molar-refractivity contribution in [1.82, 2.24) is 24.3 Å². The number of rotatable bonds is 3. The fourth-order valence-electron chi connectivity index (χ4n) is 5.04. The van der Waals surface area contributed by atoms with E-state index < -0.39 is 0 Å². The first kappa shape index (κ1) is 20.9. The van der Waals surface area contributed by atoms with Gasteiger partial charge in [0.2, 0.25) is 0 Å². The lowest BCUT2D eigenvalue weighted by Gasteiger charge is -2.31. The molecule has 1 amide bonds. The SMILES string of the molecule is CC(C)N1CCc2c(nc([C@@H]3CCCN3C(=O)c3cc4cc(F)ccc4n3C)[nH]c2=O)C1. The Kier molecular flexibility index (Phi) is 5.12. The summed E-state index contributed by atoms with van der Waals surface area (Å²) in [5.74, 6) is 0.109. The van der Waals surface area contributed by atoms with E-state index in [1.165, 1.54) is 12.1 Å². The van der Waals surface area contributed by atoms with Crippen LogP contribution in [0.1, 0.15) is 60.3 Å². The third-order valence-electron chi connectivity index (χ3n) is 6.90. The molecule has 1 atom stereocenters. The molecule has 0 bridgehead atoms. The number of aromatic nitrogens is 3. The molecular weight excluding hydrogens is 409 g/mol. The van der Waals surface area contributed by atoms with E-state index in [1.54, 1.807) is 21.6 Å². The molecule has 0 radical (unpaired) electrons. The Morgan fingerprint density at radius 1 is 1.25 bits per heavy atom. The van der Waals surface area contributed by atoms with Crippen molar-refractivity contribution in [1.29, 1.82) is 0 Å². The van der Waals surface area contributed by atoms with Crippen molar-refractivity contribution >= 4 is 16.8 Å². The van der Waals surface area contributed by atoms with Crippen LogP contribution in [-0.4, -0.2) is 49.4 Å². The number of nitrogens with one attached hydrogen (secondary N) is 1. The fraction of sp³-hybridized carbons (Fsp3) is 0.458. The second kappa shape index (κ2) is 7.85. The highest BCUT2D eigenvalue weighted by molar-refractivity contribution is 5.99. The van der Waals surface area contributed by atoms with Gasteiger partial charge in [-0.2, -0.15) is 0 Å². The third-order valence-corrected chi connectivity index (χ3v) is 6.90. The summed E-state index contributed by atoms with van der Waals surface area (Å²) in [5.41, 5.74) is 2.80. The monoisotopic (exact) mass is 437 g/mol. The summed E-state index contributed by atoms with van der Waals surface area (Å²) in [5, 5.41) is 0.695. The average Bonchev–Trinajstić information content (AvgIpc) is 3.37. The smallest absolute Gasteiger partial charge is 0.271 e. The molecule has 8 heteroatoms. The molecule has 1 N–H and O–H groups in total. The topological polar surface area (TPSA) is 74.2 Å². The van der Waals surface area contributed by atoms with Gasteiger partial charge in [-0.05, 0) is 57.4 Å². The number of hydrogen-bond acceptors (Lipinski definition) is 4. The van der Waals surface area contributed by atoms with Crippen molar-refractivity contribution < 1.29 is 9.18 Å². The van der Waals surface area contributed by atoms with Crippen LogP contribution in [0, 0.1) is 5.82 Å². The molecular formula is C24H28FN5O2. The molecule has 1 saturated heterocycles. The Bertz CT molecular complexity index is 1260. The summed E-state index contributed by atoms with van der Waals surface area (Å²) in [6.45, 7) is 6.39. The molecule has 3 aromatic rings. The molecule has 0 aliphatic carbocycles. The molecule has 2 aromatic heterocycles. The predicted molar refractivity (Wildman–Crippen MR) is 120 cm³/mol. The van der Waals surface area contributed by atoms with Crippen LogP contribution in [0.2, 0.25) is 0 Å². The molecule has 2 aliphatic rings. The highest BCUT2D eigenvalue weighted by Gasteiger charge is 2.35. The zero-order chi connectivity index (χ0) is 22.6. The minimum atomic E-state index is -0.326. The third kappa shape index (κ3) is 3.43. The minimum absolute atomic E-state index is 0.0900. The van der Waals surface area contributed by atoms with E-state index in [4.69, 9.17) is 4.98 Å². The van der Waals surface area contributed by atoms with Crippen LogP contribution < -0.4 is 5.56 Å². The number of hydrogen-bond donors (Lipinski definition) is 1. The van der Waals surface area contributed by atoms with E-state index in [1.807, 2.05) is 7.05 Å². The zero-order valence-electron chi connectivity index (χ0n) is 18.7. The zero-order valence-corrected chi connectivity index (χ0v) is 18.7. The summed E-state index contributed by atoms with van der Waals surface area (Å²) in [4.78, 5) is 38.2. The van der Waals surface area contributed by atoms with Crippen molar-refractivity contribution in [2.75, 3.05) is 13.1 Å². The Morgan fingerprint density at radius 2 is 2.06 bits per heavy atom. The van der Waals surface area contributed by atoms with Crippen LogP contribution >= 0.6 is 0 Å². The van der Waals surface area contributed by atoms with Crippen LogP contribution in [0.3, 0.4) is 0 Å². The van der Waals surface area contributed by atoms with Gasteiger partial charge in [-0.15, -0.1) is 0 Å². The fourth-order valence-corrected chi connectivity index (χ4v) is 5.04. The molecule has 2 aliphatic heterocycles. The Labute approximate surface area is 185 Å². The van der Waals surface area contributed by atoms with Crippen molar-refractivity contribution in [3.05, 3.63) is 63.2 Å². The number of likely N-dealkylation sites (tertiary alicyclic amines) is 1. The number of aromatic amines is 1. The summed E-state index contributed by atoms with van der Waals surface area (Å²) in [7, 11) is 1.82. The van der Waals surface area contributed by atoms with E-state index in [0.29, 0.717) is 42.5 Å². The van der Waals surface area contributed by atoms with E-state index >= 15 is 0 Å². The summed E-state index contributed by atoms with van der Waals surface area (Å²) in [6.07, 6.45) is 2.28. The number of aryl methyl sites for hydroxylation is 1. The Hall–Kier alpha value is -3.00. The van der Waals surface area contributed by atoms with Gasteiger partial charge in [0.25, 0.3) is 11.5 Å². The first-order valence-corrected chi connectivity index (χ1v) is 11.3. The van der Waals surface area contributed by atoms with Crippen LogP contribution in [0.5, 0.6) is 0 Å². The van der Waals surface area contributed by atoms with Crippen LogP contribution in [-0.2, 0) is 20.0 Å². The summed E-state index contributed by atoms with van der Waals surface area (Å²) in [6, 6.07) is 6.37. The maximum Gasteiger partial charge on any atom is 0.271 e. The van der Waals surface area contributed by atoms with Gasteiger partial charge in [-0.25, -0.2) is 9.37 Å². The second-order valence-electron chi connectivity index (χ2n) is 9.14. The lowest BCUT2D eigenvalue weighted by Crippen LogP contribution is -2.40. The molecule has 7 nitrogen and oxygen atoms in total. The van der Waals surface area contributed by atoms with Crippen LogP contribution in [0.15, 0.2) is 29.1 Å². The average molecular weight is 438 g/mol. The predicted octanol–water partition coefficient (Wildman–Crippen LogP) is 3.14. The number of carbonyl (C=O) groups excluding carboxylic acids is 1. The first-order valence-electron chi connectivity index (χ1n) is 11.3. The Morgan fingerprint density at radius 3 is 2.84 bits per heavy atom. The molecule has 32 heavy (non-hydrogen) atoms. The maximum absolute atomic E-state index is 13.7. The quantitative estimate of drug-likeness (QED) is 0.683. The van der Waals surface area contributed by atoms with Crippen molar-refractivity contribution in [2.45, 2.75) is 51.7 Å². The molecule has 1 fully saturated rings. The largest absolute Gasteiger partial charge is 0.340 e. The molecule has 1 aromatic carbocycles. The van der Waals surface area contributed by atoms with Gasteiger partial charge < -0.3 is 14.5 Å². The molecule has 5 rings (SSSR count). The van der Waals surface area contributed by atoms with Crippen molar-refractivity contribution in [2.24, 2.45) is 7.05 Å². The second-order valence-corrected chi connectivity index (χ2v) is 9.14. The van der Waals surface area contributed by atoms with E-state index in [0.717, 1.165) is 36.2 Å². The Balaban J connectivity index is 1.49. The van der Waals surface area contributed by atoms with Crippen LogP contribution in [0.25, 0.3) is 10.9 Å². The highest BCUT2D eigenvalue weighted by atomic mass is 19.1. The van der Waals surface area contributed by atoms with Gasteiger partial charge >= 0.3 is 0 Å². The lowest BCUT2D eigenvalue weighted by molar-refractivity contribution is 0.0720. The maximum atomic E-state index is 13.7. The van der Waals surface area contributed by atoms with Crippen molar-refractivity contribution in [3.63, 3.8) is 0 Å². The lowest BCUT2D eigenvalue weighted by atomic mass is 10.0. The van der Waals surface area contributed by atoms with Gasteiger partial charge in [0.1, 0.15) is 17.3 Å². The molecule has 0 saturated carbocycles. The van der Waals surface area contributed by atoms with E-state index in [9.17, 15) is 14.0 Å². The minimum Gasteiger partial charge on any atom is -0.340 e. The molecule has 0 unspecified atom stereocenters. The number of halogens is 1. The summed E-state index contributed by atoms with van der Waals surface area (Å²) < 4.78 is 15.5. The number of nitrogens with zero attached hydrogens (tertiary/aromatic N) is 4. The van der Waals surface area contributed by atoms with Gasteiger partial charge in [0, 0.05) is 49.2 Å². The molecule has 168 valence electrons. The number of H-pyrrole nitrogens is 1. The molecule has 4 heterocycles. The molecule has 0 spiro atoms. The number of carbonyl (C=O) groups is 1. The number of amides is 1. The first-order chi connectivity index (χ1) is 15.3. The highest BCUT2D eigenvalue weighted by Crippen LogP contribution is 2.32. The van der Waals surface area contributed by atoms with Gasteiger partial charge in [-0.3, -0.25) is 14.5 Å². The standard InChI is InChI=1S/C24H28FN5O2/c1-14(2)29-10-8-17-18(13-29)26-22(27-23(17)31)20-5-4-9-30(20)24(32)21-12-15-11-16(25)6-7-19(15)28(21)3/h6-7,11-12,14,20H,4-5,8-10,13H2,1-3H3,(H,26,27,31)/t20-/m0/s1. The van der Waals surface area contributed by atoms with Gasteiger partial charge in [0.05, 0.1) is 11.7 Å². The van der Waals surface area contributed by atoms with Gasteiger partial charge in [0.15, 0.2) is 0 Å². The van der Waals surface area contributed by atoms with E-state index in [2.05, 4.69) is 23.7 Å². The normalized spacial score (nSPS) is 19.2.